The van der Waals surface area contributed by atoms with Gasteiger partial charge in [-0.15, -0.1) is 0 Å². The van der Waals surface area contributed by atoms with Crippen LogP contribution in [0.25, 0.3) is 0 Å². The summed E-state index contributed by atoms with van der Waals surface area (Å²) in [4.78, 5) is 28.6. The van der Waals surface area contributed by atoms with Gasteiger partial charge in [-0.2, -0.15) is 18.4 Å². The van der Waals surface area contributed by atoms with Crippen LogP contribution in [0.15, 0.2) is 42.5 Å². The molecule has 0 bridgehead atoms. The molecule has 0 saturated carbocycles. The molecule has 4 rings (SSSR count). The average molecular weight is 500 g/mol. The lowest BCUT2D eigenvalue weighted by molar-refractivity contribution is -0.137. The largest absolute Gasteiger partial charge is 0.417 e. The standard InChI is InChI=1S/C26H28F3N5O2/c1-2-17-3-6-19(7-4-17)32-24(36)33-11-9-25(10-12-33)16-34(15-22(25)23(31)35)20-8-5-18(14-30)21(13-20)26(27,28)29/h3-8,13,22H,2,9-12,15-16H2,1H3,(H2,31,35)(H,32,36). The zero-order chi connectivity index (χ0) is 26.1. The number of nitriles is 1. The Hall–Kier alpha value is -3.74. The van der Waals surface area contributed by atoms with E-state index in [2.05, 4.69) is 12.2 Å². The van der Waals surface area contributed by atoms with Crippen molar-refractivity contribution >= 4 is 23.3 Å². The van der Waals surface area contributed by atoms with Gasteiger partial charge >= 0.3 is 12.2 Å². The molecular formula is C26H28F3N5O2. The second-order valence-electron chi connectivity index (χ2n) is 9.50. The number of hydrogen-bond donors (Lipinski definition) is 2. The summed E-state index contributed by atoms with van der Waals surface area (Å²) in [5.41, 5.74) is 5.89. The first kappa shape index (κ1) is 25.4. The van der Waals surface area contributed by atoms with E-state index >= 15 is 0 Å². The van der Waals surface area contributed by atoms with Crippen LogP contribution in [0.1, 0.15) is 36.5 Å². The van der Waals surface area contributed by atoms with Gasteiger partial charge in [-0.1, -0.05) is 19.1 Å². The first-order valence-corrected chi connectivity index (χ1v) is 11.9. The number of hydrogen-bond acceptors (Lipinski definition) is 4. The Morgan fingerprint density at radius 2 is 1.83 bits per heavy atom. The van der Waals surface area contributed by atoms with Gasteiger partial charge < -0.3 is 20.9 Å². The van der Waals surface area contributed by atoms with Crippen molar-refractivity contribution in [2.75, 3.05) is 36.4 Å². The molecule has 2 aliphatic heterocycles. The number of rotatable bonds is 4. The van der Waals surface area contributed by atoms with Gasteiger partial charge in [0, 0.05) is 43.0 Å². The third-order valence-electron chi connectivity index (χ3n) is 7.45. The summed E-state index contributed by atoms with van der Waals surface area (Å²) in [6.07, 6.45) is -2.76. The third kappa shape index (κ3) is 4.96. The first-order valence-electron chi connectivity index (χ1n) is 11.9. The van der Waals surface area contributed by atoms with E-state index in [0.29, 0.717) is 43.9 Å². The molecule has 1 unspecified atom stereocenters. The summed E-state index contributed by atoms with van der Waals surface area (Å²) in [7, 11) is 0. The Morgan fingerprint density at radius 3 is 2.39 bits per heavy atom. The van der Waals surface area contributed by atoms with E-state index in [1.807, 2.05) is 24.3 Å². The molecular weight excluding hydrogens is 471 g/mol. The SMILES string of the molecule is CCc1ccc(NC(=O)N2CCC3(CC2)CN(c2ccc(C#N)c(C(F)(F)F)c2)CC3C(N)=O)cc1. The molecule has 2 aromatic rings. The maximum absolute atomic E-state index is 13.5. The molecule has 1 atom stereocenters. The van der Waals surface area contributed by atoms with Crippen LogP contribution in [0.5, 0.6) is 0 Å². The van der Waals surface area contributed by atoms with Crippen molar-refractivity contribution in [2.45, 2.75) is 32.4 Å². The highest BCUT2D eigenvalue weighted by molar-refractivity contribution is 5.89. The maximum Gasteiger partial charge on any atom is 0.417 e. The fourth-order valence-electron chi connectivity index (χ4n) is 5.31. The number of amides is 3. The van der Waals surface area contributed by atoms with E-state index in [0.717, 1.165) is 18.6 Å². The number of anilines is 2. The number of likely N-dealkylation sites (tertiary alicyclic amines) is 1. The fraction of sp³-hybridized carbons (Fsp3) is 0.423. The smallest absolute Gasteiger partial charge is 0.370 e. The van der Waals surface area contributed by atoms with Gasteiger partial charge in [0.1, 0.15) is 0 Å². The van der Waals surface area contributed by atoms with Crippen molar-refractivity contribution in [3.8, 4) is 6.07 Å². The number of halogens is 3. The number of nitrogens with one attached hydrogen (secondary N) is 1. The molecule has 0 aromatic heterocycles. The Kier molecular flexibility index (Phi) is 6.85. The fourth-order valence-corrected chi connectivity index (χ4v) is 5.31. The molecule has 7 nitrogen and oxygen atoms in total. The van der Waals surface area contributed by atoms with Crippen LogP contribution < -0.4 is 16.0 Å². The van der Waals surface area contributed by atoms with Crippen molar-refractivity contribution in [3.05, 3.63) is 59.2 Å². The lowest BCUT2D eigenvalue weighted by Crippen LogP contribution is -2.49. The van der Waals surface area contributed by atoms with E-state index in [1.165, 1.54) is 11.6 Å². The van der Waals surface area contributed by atoms with Crippen molar-refractivity contribution in [1.82, 2.24) is 4.90 Å². The number of piperidine rings is 1. The molecule has 2 aliphatic rings. The van der Waals surface area contributed by atoms with E-state index in [9.17, 15) is 22.8 Å². The van der Waals surface area contributed by atoms with Gasteiger partial charge in [-0.3, -0.25) is 4.79 Å². The number of carbonyl (C=O) groups is 2. The summed E-state index contributed by atoms with van der Waals surface area (Å²) in [5.74, 6) is -1.06. The van der Waals surface area contributed by atoms with Gasteiger partial charge in [0.25, 0.3) is 0 Å². The van der Waals surface area contributed by atoms with Crippen LogP contribution in [-0.4, -0.2) is 43.0 Å². The minimum Gasteiger partial charge on any atom is -0.370 e. The topological polar surface area (TPSA) is 102 Å². The van der Waals surface area contributed by atoms with Crippen LogP contribution in [0.3, 0.4) is 0 Å². The second-order valence-corrected chi connectivity index (χ2v) is 9.50. The third-order valence-corrected chi connectivity index (χ3v) is 7.45. The lowest BCUT2D eigenvalue weighted by atomic mass is 9.70. The zero-order valence-corrected chi connectivity index (χ0v) is 19.9. The van der Waals surface area contributed by atoms with Gasteiger partial charge in [-0.25, -0.2) is 4.79 Å². The highest BCUT2D eigenvalue weighted by Crippen LogP contribution is 2.46. The lowest BCUT2D eigenvalue weighted by Gasteiger charge is -2.41. The van der Waals surface area contributed by atoms with Gasteiger partial charge in [-0.05, 0) is 55.2 Å². The van der Waals surface area contributed by atoms with Crippen LogP contribution >= 0.6 is 0 Å². The van der Waals surface area contributed by atoms with E-state index in [4.69, 9.17) is 11.0 Å². The molecule has 10 heteroatoms. The molecule has 2 heterocycles. The Bertz CT molecular complexity index is 1180. The van der Waals surface area contributed by atoms with Gasteiger partial charge in [0.05, 0.1) is 23.1 Å². The summed E-state index contributed by atoms with van der Waals surface area (Å²) in [6, 6.07) is 12.6. The minimum absolute atomic E-state index is 0.189. The molecule has 2 aromatic carbocycles. The molecule has 2 fully saturated rings. The molecule has 1 spiro atoms. The predicted molar refractivity (Wildman–Crippen MR) is 129 cm³/mol. The van der Waals surface area contributed by atoms with Gasteiger partial charge in [0.15, 0.2) is 0 Å². The Morgan fingerprint density at radius 1 is 1.17 bits per heavy atom. The maximum atomic E-state index is 13.5. The highest BCUT2D eigenvalue weighted by atomic mass is 19.4. The number of alkyl halides is 3. The Balaban J connectivity index is 1.48. The van der Waals surface area contributed by atoms with E-state index in [-0.39, 0.29) is 12.6 Å². The van der Waals surface area contributed by atoms with E-state index in [1.54, 1.807) is 15.9 Å². The Labute approximate surface area is 207 Å². The second kappa shape index (κ2) is 9.72. The summed E-state index contributed by atoms with van der Waals surface area (Å²) in [6.45, 7) is 3.39. The summed E-state index contributed by atoms with van der Waals surface area (Å²) < 4.78 is 40.4. The number of benzene rings is 2. The molecule has 2 saturated heterocycles. The predicted octanol–water partition coefficient (Wildman–Crippen LogP) is 4.38. The van der Waals surface area contributed by atoms with Crippen molar-refractivity contribution in [1.29, 1.82) is 5.26 Å². The molecule has 3 amide bonds. The number of primary amides is 1. The zero-order valence-electron chi connectivity index (χ0n) is 19.9. The van der Waals surface area contributed by atoms with Crippen molar-refractivity contribution in [3.63, 3.8) is 0 Å². The van der Waals surface area contributed by atoms with Crippen LogP contribution in [-0.2, 0) is 17.4 Å². The van der Waals surface area contributed by atoms with Crippen LogP contribution in [0.4, 0.5) is 29.3 Å². The van der Waals surface area contributed by atoms with Crippen molar-refractivity contribution < 1.29 is 22.8 Å². The normalized spacial score (nSPS) is 19.2. The van der Waals surface area contributed by atoms with Crippen LogP contribution in [0.2, 0.25) is 0 Å². The number of nitrogens with zero attached hydrogens (tertiary/aromatic N) is 3. The number of aryl methyl sites for hydroxylation is 1. The monoisotopic (exact) mass is 499 g/mol. The minimum atomic E-state index is -4.67. The molecule has 0 radical (unpaired) electrons. The van der Waals surface area contributed by atoms with E-state index < -0.39 is 34.5 Å². The first-order chi connectivity index (χ1) is 17.1. The molecule has 190 valence electrons. The summed E-state index contributed by atoms with van der Waals surface area (Å²) in [5, 5.41) is 12.0. The number of carbonyl (C=O) groups excluding carboxylic acids is 2. The highest BCUT2D eigenvalue weighted by Gasteiger charge is 2.51. The molecule has 36 heavy (non-hydrogen) atoms. The van der Waals surface area contributed by atoms with Gasteiger partial charge in [0.2, 0.25) is 5.91 Å². The van der Waals surface area contributed by atoms with Crippen molar-refractivity contribution in [2.24, 2.45) is 17.1 Å². The molecule has 3 N–H and O–H groups in total. The summed E-state index contributed by atoms with van der Waals surface area (Å²) >= 11 is 0. The average Bonchev–Trinajstić information content (AvgIpc) is 3.23. The molecule has 0 aliphatic carbocycles. The number of nitrogens with two attached hydrogens (primary N) is 1. The van der Waals surface area contributed by atoms with Crippen LogP contribution in [0, 0.1) is 22.7 Å². The number of urea groups is 1. The quantitative estimate of drug-likeness (QED) is 0.652.